The number of hydrogen-bond donors (Lipinski definition) is 4. The number of benzene rings is 2. The first-order chi connectivity index (χ1) is 14.5. The maximum absolute atomic E-state index is 10.6. The van der Waals surface area contributed by atoms with Crippen molar-refractivity contribution in [2.45, 2.75) is 62.7 Å². The molecule has 2 aliphatic heterocycles. The highest BCUT2D eigenvalue weighted by Crippen LogP contribution is 2.41. The summed E-state index contributed by atoms with van der Waals surface area (Å²) >= 11 is 0. The van der Waals surface area contributed by atoms with Gasteiger partial charge < -0.3 is 30.1 Å². The van der Waals surface area contributed by atoms with Crippen LogP contribution in [0.25, 0.3) is 0 Å². The molecule has 2 heterocycles. The molecule has 2 aromatic carbocycles. The Morgan fingerprint density at radius 3 is 2.33 bits per heavy atom. The second kappa shape index (κ2) is 9.04. The van der Waals surface area contributed by atoms with Gasteiger partial charge in [-0.05, 0) is 42.0 Å². The topological polar surface area (TPSA) is 93.4 Å². The molecule has 30 heavy (non-hydrogen) atoms. The number of fused-ring (bicyclic) bond motifs is 1. The highest BCUT2D eigenvalue weighted by Gasteiger charge is 2.47. The van der Waals surface area contributed by atoms with E-state index in [2.05, 4.69) is 37.3 Å². The van der Waals surface area contributed by atoms with Crippen molar-refractivity contribution in [3.05, 3.63) is 65.2 Å². The first-order valence-corrected chi connectivity index (χ1v) is 10.8. The van der Waals surface area contributed by atoms with E-state index < -0.39 is 37.3 Å². The lowest BCUT2D eigenvalue weighted by Crippen LogP contribution is -2.63. The van der Waals surface area contributed by atoms with Crippen molar-refractivity contribution in [3.63, 3.8) is 0 Å². The minimum atomic E-state index is -1.37. The molecule has 0 amide bonds. The summed E-state index contributed by atoms with van der Waals surface area (Å²) in [5.74, 6) is 0.263. The van der Waals surface area contributed by atoms with Crippen LogP contribution in [0, 0.1) is 0 Å². The number of nitrogens with zero attached hydrogens (tertiary/aromatic N) is 1. The van der Waals surface area contributed by atoms with Crippen LogP contribution < -0.4 is 4.90 Å². The van der Waals surface area contributed by atoms with Crippen LogP contribution in [0.4, 0.5) is 5.69 Å². The first kappa shape index (κ1) is 21.3. The molecule has 162 valence electrons. The largest absolute Gasteiger partial charge is 0.394 e. The molecule has 1 saturated heterocycles. The van der Waals surface area contributed by atoms with Crippen LogP contribution in [0.5, 0.6) is 0 Å². The highest BCUT2D eigenvalue weighted by atomic mass is 16.6. The molecule has 4 N–H and O–H groups in total. The molecule has 4 unspecified atom stereocenters. The molecule has 2 aromatic rings. The van der Waals surface area contributed by atoms with Crippen LogP contribution in [0.15, 0.2) is 48.5 Å². The first-order valence-electron chi connectivity index (χ1n) is 10.8. The van der Waals surface area contributed by atoms with Crippen LogP contribution in [0.1, 0.15) is 36.0 Å². The van der Waals surface area contributed by atoms with Gasteiger partial charge in [-0.3, -0.25) is 0 Å². The number of aliphatic hydroxyl groups excluding tert-OH is 4. The van der Waals surface area contributed by atoms with E-state index >= 15 is 0 Å². The van der Waals surface area contributed by atoms with E-state index in [1.165, 1.54) is 16.7 Å². The summed E-state index contributed by atoms with van der Waals surface area (Å²) in [6.45, 7) is 2.38. The Bertz CT molecular complexity index is 840. The third-order valence-electron chi connectivity index (χ3n) is 6.49. The Hall–Kier alpha value is -1.96. The molecule has 6 atom stereocenters. The number of para-hydroxylation sites is 1. The van der Waals surface area contributed by atoms with Gasteiger partial charge >= 0.3 is 0 Å². The predicted molar refractivity (Wildman–Crippen MR) is 114 cm³/mol. The van der Waals surface area contributed by atoms with Crippen molar-refractivity contribution in [1.82, 2.24) is 0 Å². The molecular formula is C24H31NO5. The van der Waals surface area contributed by atoms with Gasteiger partial charge in [0.2, 0.25) is 0 Å². The van der Waals surface area contributed by atoms with Gasteiger partial charge in [0.15, 0.2) is 6.23 Å². The lowest BCUT2D eigenvalue weighted by molar-refractivity contribution is -0.228. The molecule has 4 rings (SSSR count). The average Bonchev–Trinajstić information content (AvgIpc) is 3.15. The smallest absolute Gasteiger partial charge is 0.159 e. The third kappa shape index (κ3) is 3.98. The second-order valence-corrected chi connectivity index (χ2v) is 8.34. The van der Waals surface area contributed by atoms with E-state index in [9.17, 15) is 20.4 Å². The van der Waals surface area contributed by atoms with Gasteiger partial charge in [0.25, 0.3) is 0 Å². The maximum Gasteiger partial charge on any atom is 0.159 e. The van der Waals surface area contributed by atoms with E-state index in [4.69, 9.17) is 4.74 Å². The van der Waals surface area contributed by atoms with Crippen molar-refractivity contribution in [2.24, 2.45) is 0 Å². The number of rotatable bonds is 6. The summed E-state index contributed by atoms with van der Waals surface area (Å²) in [4.78, 5) is 1.96. The van der Waals surface area contributed by atoms with Gasteiger partial charge in [-0.15, -0.1) is 0 Å². The fourth-order valence-corrected chi connectivity index (χ4v) is 4.64. The third-order valence-corrected chi connectivity index (χ3v) is 6.49. The van der Waals surface area contributed by atoms with Gasteiger partial charge in [0.05, 0.1) is 6.61 Å². The van der Waals surface area contributed by atoms with Gasteiger partial charge in [0.1, 0.15) is 24.4 Å². The summed E-state index contributed by atoms with van der Waals surface area (Å²) in [6.07, 6.45) is -2.78. The van der Waals surface area contributed by atoms with E-state index in [1.807, 2.05) is 23.1 Å². The Labute approximate surface area is 177 Å². The minimum absolute atomic E-state index is 0.263. The zero-order valence-electron chi connectivity index (χ0n) is 17.3. The Balaban J connectivity index is 1.52. The van der Waals surface area contributed by atoms with Crippen molar-refractivity contribution in [2.75, 3.05) is 18.1 Å². The van der Waals surface area contributed by atoms with Gasteiger partial charge in [-0.2, -0.15) is 0 Å². The Morgan fingerprint density at radius 1 is 0.933 bits per heavy atom. The summed E-state index contributed by atoms with van der Waals surface area (Å²) < 4.78 is 5.82. The van der Waals surface area contributed by atoms with Crippen LogP contribution in [-0.2, 0) is 17.6 Å². The summed E-state index contributed by atoms with van der Waals surface area (Å²) in [7, 11) is 0. The number of ether oxygens (including phenoxy) is 1. The molecule has 2 aliphatic rings. The number of anilines is 1. The van der Waals surface area contributed by atoms with E-state index in [1.54, 1.807) is 0 Å². The number of hydrogen-bond acceptors (Lipinski definition) is 6. The van der Waals surface area contributed by atoms with E-state index in [-0.39, 0.29) is 5.92 Å². The van der Waals surface area contributed by atoms with Crippen molar-refractivity contribution in [1.29, 1.82) is 0 Å². The lowest BCUT2D eigenvalue weighted by atomic mass is 9.94. The van der Waals surface area contributed by atoms with Crippen LogP contribution >= 0.6 is 0 Å². The van der Waals surface area contributed by atoms with Crippen LogP contribution in [-0.4, -0.2) is 64.2 Å². The maximum atomic E-state index is 10.6. The van der Waals surface area contributed by atoms with Crippen molar-refractivity contribution >= 4 is 5.69 Å². The molecule has 0 radical (unpaired) electrons. The summed E-state index contributed by atoms with van der Waals surface area (Å²) in [5, 5.41) is 40.4. The molecular weight excluding hydrogens is 382 g/mol. The summed E-state index contributed by atoms with van der Waals surface area (Å²) in [6, 6.07) is 16.8. The van der Waals surface area contributed by atoms with E-state index in [0.717, 1.165) is 24.9 Å². The fourth-order valence-electron chi connectivity index (χ4n) is 4.64. The summed E-state index contributed by atoms with van der Waals surface area (Å²) in [5.41, 5.74) is 4.79. The molecule has 6 heteroatoms. The predicted octanol–water partition coefficient (Wildman–Crippen LogP) is 1.59. The zero-order chi connectivity index (χ0) is 21.3. The highest BCUT2D eigenvalue weighted by molar-refractivity contribution is 5.61. The van der Waals surface area contributed by atoms with Crippen molar-refractivity contribution in [3.8, 4) is 0 Å². The van der Waals surface area contributed by atoms with Crippen LogP contribution in [0.2, 0.25) is 0 Å². The minimum Gasteiger partial charge on any atom is -0.394 e. The van der Waals surface area contributed by atoms with Gasteiger partial charge in [-0.25, -0.2) is 0 Å². The number of aryl methyl sites for hydroxylation is 2. The number of aliphatic hydroxyl groups is 4. The molecule has 0 aromatic heterocycles. The van der Waals surface area contributed by atoms with Crippen molar-refractivity contribution < 1.29 is 25.2 Å². The average molecular weight is 414 g/mol. The standard InChI is InChI=1S/C24H31NO5/c1-2-15-7-9-16(10-8-15)11-12-17-13-25(19-6-4-3-5-18(17)19)24-23(29)22(28)21(27)20(14-26)30-24/h3-10,17,20-24,26-29H,2,11-14H2,1H3/t17?,20?,21-,22?,23-,24?/m1/s1. The molecule has 0 aliphatic carbocycles. The normalized spacial score (nSPS) is 31.0. The Morgan fingerprint density at radius 2 is 1.63 bits per heavy atom. The fraction of sp³-hybridized carbons (Fsp3) is 0.500. The molecule has 1 fully saturated rings. The zero-order valence-corrected chi connectivity index (χ0v) is 17.3. The second-order valence-electron chi connectivity index (χ2n) is 8.34. The molecule has 0 saturated carbocycles. The van der Waals surface area contributed by atoms with E-state index in [0.29, 0.717) is 6.54 Å². The monoisotopic (exact) mass is 413 g/mol. The molecule has 0 spiro atoms. The quantitative estimate of drug-likeness (QED) is 0.575. The van der Waals surface area contributed by atoms with Gasteiger partial charge in [-0.1, -0.05) is 49.4 Å². The molecule has 0 bridgehead atoms. The Kier molecular flexibility index (Phi) is 6.41. The van der Waals surface area contributed by atoms with Crippen LogP contribution in [0.3, 0.4) is 0 Å². The SMILES string of the molecule is CCc1ccc(CCC2CN(C3OC(CO)[C@@H](O)C(O)[C@H]3O)c3ccccc32)cc1. The molecule has 6 nitrogen and oxygen atoms in total. The lowest BCUT2D eigenvalue weighted by Gasteiger charge is -2.44. The van der Waals surface area contributed by atoms with Gasteiger partial charge in [0, 0.05) is 18.2 Å².